The maximum absolute atomic E-state index is 11.0. The van der Waals surface area contributed by atoms with E-state index in [0.717, 1.165) is 0 Å². The number of carbonyl (C=O) groups is 1. The summed E-state index contributed by atoms with van der Waals surface area (Å²) < 4.78 is 0. The Kier molecular flexibility index (Phi) is 2.55. The average Bonchev–Trinajstić information content (AvgIpc) is 2.04. The van der Waals surface area contributed by atoms with Crippen LogP contribution in [0, 0.1) is 0 Å². The van der Waals surface area contributed by atoms with Gasteiger partial charge in [0.05, 0.1) is 11.8 Å². The highest BCUT2D eigenvalue weighted by molar-refractivity contribution is 5.95. The summed E-state index contributed by atoms with van der Waals surface area (Å²) >= 11 is 0. The lowest BCUT2D eigenvalue weighted by Crippen LogP contribution is -2.04. The topological polar surface area (TPSA) is 50.2 Å². The summed E-state index contributed by atoms with van der Waals surface area (Å²) in [6.45, 7) is 3.05. The van der Waals surface area contributed by atoms with Crippen LogP contribution in [-0.2, 0) is 0 Å². The van der Waals surface area contributed by atoms with Crippen molar-refractivity contribution >= 4 is 5.78 Å². The van der Waals surface area contributed by atoms with Gasteiger partial charge in [-0.05, 0) is 26.0 Å². The summed E-state index contributed by atoms with van der Waals surface area (Å²) in [4.78, 5) is 14.9. The van der Waals surface area contributed by atoms with E-state index in [4.69, 9.17) is 0 Å². The fourth-order valence-corrected chi connectivity index (χ4v) is 1.05. The van der Waals surface area contributed by atoms with E-state index in [0.29, 0.717) is 11.3 Å². The minimum atomic E-state index is -0.690. The van der Waals surface area contributed by atoms with Crippen molar-refractivity contribution in [2.45, 2.75) is 20.0 Å². The van der Waals surface area contributed by atoms with Gasteiger partial charge in [0, 0.05) is 11.8 Å². The number of hydrogen-bond donors (Lipinski definition) is 1. The van der Waals surface area contributed by atoms with Gasteiger partial charge in [0.1, 0.15) is 0 Å². The number of aliphatic hydroxyl groups excluding tert-OH is 1. The lowest BCUT2D eigenvalue weighted by atomic mass is 10.1. The van der Waals surface area contributed by atoms with Crippen LogP contribution in [0.4, 0.5) is 0 Å². The number of pyridine rings is 1. The Labute approximate surface area is 71.1 Å². The number of rotatable bonds is 2. The summed E-state index contributed by atoms with van der Waals surface area (Å²) in [5.41, 5.74) is 0.942. The molecule has 64 valence electrons. The van der Waals surface area contributed by atoms with Crippen LogP contribution >= 0.6 is 0 Å². The Morgan fingerprint density at radius 3 is 2.75 bits per heavy atom. The molecule has 0 aromatic carbocycles. The second-order valence-electron chi connectivity index (χ2n) is 2.67. The summed E-state index contributed by atoms with van der Waals surface area (Å²) in [6.07, 6.45) is 0.874. The third-order valence-corrected chi connectivity index (χ3v) is 1.61. The van der Waals surface area contributed by atoms with E-state index in [1.165, 1.54) is 6.92 Å². The van der Waals surface area contributed by atoms with Gasteiger partial charge in [0.15, 0.2) is 5.78 Å². The molecular weight excluding hydrogens is 154 g/mol. The van der Waals surface area contributed by atoms with Crippen molar-refractivity contribution in [3.05, 3.63) is 29.6 Å². The molecule has 1 atom stereocenters. The molecule has 1 N–H and O–H groups in total. The van der Waals surface area contributed by atoms with Crippen molar-refractivity contribution in [2.24, 2.45) is 0 Å². The first-order valence-corrected chi connectivity index (χ1v) is 3.77. The molecule has 0 aliphatic rings. The second kappa shape index (κ2) is 3.45. The predicted octanol–water partition coefficient (Wildman–Crippen LogP) is 1.34. The number of Topliss-reactive ketones (excluding diaryl/α,β-unsaturated/α-hetero) is 1. The van der Waals surface area contributed by atoms with Gasteiger partial charge in [-0.25, -0.2) is 0 Å². The third-order valence-electron chi connectivity index (χ3n) is 1.61. The minimum absolute atomic E-state index is 0.0704. The van der Waals surface area contributed by atoms with E-state index in [1.807, 2.05) is 0 Å². The fraction of sp³-hybridized carbons (Fsp3) is 0.333. The molecule has 3 heteroatoms. The maximum atomic E-state index is 11.0. The second-order valence-corrected chi connectivity index (χ2v) is 2.67. The molecule has 0 fully saturated rings. The van der Waals surface area contributed by atoms with Crippen LogP contribution in [0.25, 0.3) is 0 Å². The Morgan fingerprint density at radius 1 is 1.67 bits per heavy atom. The molecule has 1 rings (SSSR count). The standard InChI is InChI=1S/C9H11NO2/c1-6(11)8-4-3-5-10-9(8)7(2)12/h3-5,7,12H,1-2H3/t7-/m0/s1. The van der Waals surface area contributed by atoms with Crippen LogP contribution < -0.4 is 0 Å². The van der Waals surface area contributed by atoms with Crippen LogP contribution in [0.2, 0.25) is 0 Å². The molecule has 0 bridgehead atoms. The van der Waals surface area contributed by atoms with Crippen molar-refractivity contribution in [1.82, 2.24) is 4.98 Å². The van der Waals surface area contributed by atoms with Gasteiger partial charge in [-0.15, -0.1) is 0 Å². The molecule has 0 amide bonds. The van der Waals surface area contributed by atoms with Crippen molar-refractivity contribution in [3.8, 4) is 0 Å². The lowest BCUT2D eigenvalue weighted by Gasteiger charge is -2.06. The Balaban J connectivity index is 3.17. The molecule has 0 radical (unpaired) electrons. The molecule has 0 aliphatic heterocycles. The fourth-order valence-electron chi connectivity index (χ4n) is 1.05. The summed E-state index contributed by atoms with van der Waals surface area (Å²) in [7, 11) is 0. The van der Waals surface area contributed by atoms with Crippen LogP contribution in [-0.4, -0.2) is 15.9 Å². The first-order valence-electron chi connectivity index (χ1n) is 3.77. The number of nitrogens with zero attached hydrogens (tertiary/aromatic N) is 1. The van der Waals surface area contributed by atoms with E-state index in [-0.39, 0.29) is 5.78 Å². The zero-order chi connectivity index (χ0) is 9.14. The van der Waals surface area contributed by atoms with Crippen molar-refractivity contribution < 1.29 is 9.90 Å². The number of carbonyl (C=O) groups excluding carboxylic acids is 1. The number of ketones is 1. The van der Waals surface area contributed by atoms with Gasteiger partial charge in [-0.1, -0.05) is 0 Å². The van der Waals surface area contributed by atoms with E-state index in [2.05, 4.69) is 4.98 Å². The van der Waals surface area contributed by atoms with Gasteiger partial charge < -0.3 is 5.11 Å². The highest BCUT2D eigenvalue weighted by Gasteiger charge is 2.11. The normalized spacial score (nSPS) is 12.6. The number of aromatic nitrogens is 1. The van der Waals surface area contributed by atoms with Gasteiger partial charge >= 0.3 is 0 Å². The predicted molar refractivity (Wildman–Crippen MR) is 44.9 cm³/mol. The maximum Gasteiger partial charge on any atom is 0.161 e. The third kappa shape index (κ3) is 1.68. The van der Waals surface area contributed by atoms with Gasteiger partial charge in [0.2, 0.25) is 0 Å². The van der Waals surface area contributed by atoms with E-state index in [1.54, 1.807) is 25.3 Å². The van der Waals surface area contributed by atoms with Crippen molar-refractivity contribution in [3.63, 3.8) is 0 Å². The minimum Gasteiger partial charge on any atom is -0.387 e. The van der Waals surface area contributed by atoms with E-state index >= 15 is 0 Å². The lowest BCUT2D eigenvalue weighted by molar-refractivity contribution is 0.101. The Morgan fingerprint density at radius 2 is 2.33 bits per heavy atom. The van der Waals surface area contributed by atoms with E-state index < -0.39 is 6.10 Å². The molecule has 1 aromatic heterocycles. The van der Waals surface area contributed by atoms with E-state index in [9.17, 15) is 9.90 Å². The summed E-state index contributed by atoms with van der Waals surface area (Å²) in [5.74, 6) is -0.0704. The van der Waals surface area contributed by atoms with Gasteiger partial charge in [-0.3, -0.25) is 9.78 Å². The molecule has 0 saturated carbocycles. The first kappa shape index (κ1) is 8.87. The molecule has 12 heavy (non-hydrogen) atoms. The molecule has 0 unspecified atom stereocenters. The van der Waals surface area contributed by atoms with Crippen molar-refractivity contribution in [1.29, 1.82) is 0 Å². The Hall–Kier alpha value is -1.22. The summed E-state index contributed by atoms with van der Waals surface area (Å²) in [5, 5.41) is 9.24. The smallest absolute Gasteiger partial charge is 0.161 e. The van der Waals surface area contributed by atoms with Crippen LogP contribution in [0.1, 0.15) is 36.0 Å². The molecule has 0 aliphatic carbocycles. The number of hydrogen-bond acceptors (Lipinski definition) is 3. The van der Waals surface area contributed by atoms with Crippen molar-refractivity contribution in [2.75, 3.05) is 0 Å². The highest BCUT2D eigenvalue weighted by Crippen LogP contribution is 2.14. The zero-order valence-corrected chi connectivity index (χ0v) is 7.11. The van der Waals surface area contributed by atoms with Crippen LogP contribution in [0.5, 0.6) is 0 Å². The molecule has 1 aromatic rings. The molecule has 0 spiro atoms. The quantitative estimate of drug-likeness (QED) is 0.673. The summed E-state index contributed by atoms with van der Waals surface area (Å²) in [6, 6.07) is 3.35. The number of aliphatic hydroxyl groups is 1. The SMILES string of the molecule is CC(=O)c1cccnc1[C@H](C)O. The molecular formula is C9H11NO2. The van der Waals surface area contributed by atoms with Crippen LogP contribution in [0.15, 0.2) is 18.3 Å². The largest absolute Gasteiger partial charge is 0.387 e. The molecule has 3 nitrogen and oxygen atoms in total. The van der Waals surface area contributed by atoms with Crippen LogP contribution in [0.3, 0.4) is 0 Å². The zero-order valence-electron chi connectivity index (χ0n) is 7.11. The van der Waals surface area contributed by atoms with Gasteiger partial charge in [0.25, 0.3) is 0 Å². The molecule has 0 saturated heterocycles. The first-order chi connectivity index (χ1) is 5.63. The Bertz CT molecular complexity index is 294. The monoisotopic (exact) mass is 165 g/mol. The van der Waals surface area contributed by atoms with Gasteiger partial charge in [-0.2, -0.15) is 0 Å². The average molecular weight is 165 g/mol. The highest BCUT2D eigenvalue weighted by atomic mass is 16.3. The molecule has 1 heterocycles.